The second-order valence-electron chi connectivity index (χ2n) is 3.59. The topological polar surface area (TPSA) is 17.1 Å². The van der Waals surface area contributed by atoms with E-state index in [1.165, 1.54) is 6.42 Å². The zero-order valence-electron chi connectivity index (χ0n) is 6.89. The van der Waals surface area contributed by atoms with Gasteiger partial charge >= 0.3 is 0 Å². The molecule has 0 bridgehead atoms. The van der Waals surface area contributed by atoms with Crippen LogP contribution in [0.3, 0.4) is 0 Å². The first kappa shape index (κ1) is 7.77. The van der Waals surface area contributed by atoms with Gasteiger partial charge in [-0.3, -0.25) is 4.79 Å². The molecule has 0 N–H and O–H groups in total. The Morgan fingerprint density at radius 3 is 2.60 bits per heavy atom. The van der Waals surface area contributed by atoms with Gasteiger partial charge in [-0.25, -0.2) is 0 Å². The average Bonchev–Trinajstić information content (AvgIpc) is 2.04. The minimum Gasteiger partial charge on any atom is -0.299 e. The van der Waals surface area contributed by atoms with Gasteiger partial charge in [0.25, 0.3) is 0 Å². The van der Waals surface area contributed by atoms with Crippen molar-refractivity contribution in [1.82, 2.24) is 0 Å². The molecular weight excluding hydrogens is 124 g/mol. The van der Waals surface area contributed by atoms with Crippen molar-refractivity contribution in [3.63, 3.8) is 0 Å². The minimum atomic E-state index is 0.338. The Morgan fingerprint density at radius 1 is 1.20 bits per heavy atom. The highest BCUT2D eigenvalue weighted by Gasteiger charge is 2.18. The van der Waals surface area contributed by atoms with E-state index in [1.54, 1.807) is 0 Å². The molecule has 2 atom stereocenters. The van der Waals surface area contributed by atoms with Gasteiger partial charge in [-0.1, -0.05) is 20.3 Å². The fourth-order valence-corrected chi connectivity index (χ4v) is 1.47. The van der Waals surface area contributed by atoms with Crippen molar-refractivity contribution in [1.29, 1.82) is 0 Å². The summed E-state index contributed by atoms with van der Waals surface area (Å²) in [5.74, 6) is 1.59. The van der Waals surface area contributed by atoms with Crippen LogP contribution in [0.4, 0.5) is 0 Å². The van der Waals surface area contributed by atoms with E-state index >= 15 is 0 Å². The molecule has 1 rings (SSSR count). The molecule has 1 heteroatoms. The lowest BCUT2D eigenvalue weighted by Gasteiger charge is -2.04. The van der Waals surface area contributed by atoms with E-state index in [-0.39, 0.29) is 0 Å². The van der Waals surface area contributed by atoms with Gasteiger partial charge in [0.1, 0.15) is 5.78 Å². The van der Waals surface area contributed by atoms with Crippen LogP contribution in [0.15, 0.2) is 0 Å². The van der Waals surface area contributed by atoms with Crippen LogP contribution in [0.5, 0.6) is 0 Å². The van der Waals surface area contributed by atoms with Crippen molar-refractivity contribution >= 4 is 5.78 Å². The molecule has 0 aliphatic heterocycles. The molecule has 0 spiro atoms. The predicted octanol–water partition coefficient (Wildman–Crippen LogP) is 2.40. The molecule has 58 valence electrons. The van der Waals surface area contributed by atoms with E-state index in [0.29, 0.717) is 11.7 Å². The number of hydrogen-bond donors (Lipinski definition) is 0. The molecule has 0 saturated heterocycles. The molecule has 1 aliphatic rings. The molecule has 0 heterocycles. The van der Waals surface area contributed by atoms with Gasteiger partial charge < -0.3 is 0 Å². The monoisotopic (exact) mass is 140 g/mol. The lowest BCUT2D eigenvalue weighted by Crippen LogP contribution is -2.06. The zero-order valence-corrected chi connectivity index (χ0v) is 6.89. The molecule has 1 fully saturated rings. The second-order valence-corrected chi connectivity index (χ2v) is 3.59. The molecule has 0 radical (unpaired) electrons. The van der Waals surface area contributed by atoms with E-state index in [9.17, 15) is 4.79 Å². The van der Waals surface area contributed by atoms with Gasteiger partial charge in [-0.2, -0.15) is 0 Å². The van der Waals surface area contributed by atoms with Crippen molar-refractivity contribution < 1.29 is 4.79 Å². The van der Waals surface area contributed by atoms with E-state index < -0.39 is 0 Å². The summed E-state index contributed by atoms with van der Waals surface area (Å²) in [4.78, 5) is 11.2. The minimum absolute atomic E-state index is 0.338. The van der Waals surface area contributed by atoms with Crippen LogP contribution in [0.2, 0.25) is 0 Å². The molecular formula is C9H16O. The highest BCUT2D eigenvalue weighted by Crippen LogP contribution is 2.23. The van der Waals surface area contributed by atoms with Crippen molar-refractivity contribution in [2.75, 3.05) is 0 Å². The summed E-state index contributed by atoms with van der Waals surface area (Å²) in [7, 11) is 0. The number of hydrogen-bond acceptors (Lipinski definition) is 1. The third-order valence-electron chi connectivity index (χ3n) is 2.53. The maximum Gasteiger partial charge on any atom is 0.135 e. The van der Waals surface area contributed by atoms with Crippen LogP contribution in [-0.4, -0.2) is 5.78 Å². The summed E-state index contributed by atoms with van der Waals surface area (Å²) in [5.41, 5.74) is 0. The first-order valence-electron chi connectivity index (χ1n) is 4.23. The number of carbonyl (C=O) groups excluding carboxylic acids is 1. The van der Waals surface area contributed by atoms with Crippen LogP contribution in [-0.2, 0) is 4.79 Å². The summed E-state index contributed by atoms with van der Waals surface area (Å²) in [6.45, 7) is 4.30. The van der Waals surface area contributed by atoms with Gasteiger partial charge in [0, 0.05) is 12.3 Å². The van der Waals surface area contributed by atoms with E-state index in [4.69, 9.17) is 0 Å². The highest BCUT2D eigenvalue weighted by molar-refractivity contribution is 5.80. The molecule has 1 saturated carbocycles. The Hall–Kier alpha value is -0.330. The van der Waals surface area contributed by atoms with Crippen LogP contribution in [0, 0.1) is 11.8 Å². The Kier molecular flexibility index (Phi) is 2.47. The predicted molar refractivity (Wildman–Crippen MR) is 41.8 cm³/mol. The number of carbonyl (C=O) groups is 1. The van der Waals surface area contributed by atoms with Crippen LogP contribution >= 0.6 is 0 Å². The SMILES string of the molecule is C[C@@H]1CCC(=O)[C@H](C)CC1. The van der Waals surface area contributed by atoms with Crippen molar-refractivity contribution in [2.45, 2.75) is 39.5 Å². The molecule has 0 aromatic heterocycles. The van der Waals surface area contributed by atoms with Crippen molar-refractivity contribution in [3.8, 4) is 0 Å². The maximum absolute atomic E-state index is 11.2. The van der Waals surface area contributed by atoms with Gasteiger partial charge in [0.2, 0.25) is 0 Å². The summed E-state index contributed by atoms with van der Waals surface area (Å²) in [6, 6.07) is 0. The number of Topliss-reactive ketones (excluding diaryl/α,β-unsaturated/α-hetero) is 1. The van der Waals surface area contributed by atoms with Crippen LogP contribution in [0.1, 0.15) is 39.5 Å². The van der Waals surface area contributed by atoms with E-state index in [2.05, 4.69) is 13.8 Å². The van der Waals surface area contributed by atoms with Crippen LogP contribution in [0.25, 0.3) is 0 Å². The molecule has 0 amide bonds. The molecule has 0 aromatic rings. The fraction of sp³-hybridized carbons (Fsp3) is 0.889. The Labute approximate surface area is 62.8 Å². The smallest absolute Gasteiger partial charge is 0.135 e. The van der Waals surface area contributed by atoms with Crippen molar-refractivity contribution in [2.24, 2.45) is 11.8 Å². The lowest BCUT2D eigenvalue weighted by molar-refractivity contribution is -0.122. The molecule has 0 aromatic carbocycles. The standard InChI is InChI=1S/C9H16O/c1-7-3-5-8(2)9(10)6-4-7/h7-8H,3-6H2,1-2H3/t7-,8+/m0/s1. The highest BCUT2D eigenvalue weighted by atomic mass is 16.1. The van der Waals surface area contributed by atoms with E-state index in [0.717, 1.165) is 25.2 Å². The first-order valence-corrected chi connectivity index (χ1v) is 4.23. The van der Waals surface area contributed by atoms with Crippen molar-refractivity contribution in [3.05, 3.63) is 0 Å². The molecule has 1 aliphatic carbocycles. The summed E-state index contributed by atoms with van der Waals surface area (Å²) < 4.78 is 0. The van der Waals surface area contributed by atoms with E-state index in [1.807, 2.05) is 0 Å². The van der Waals surface area contributed by atoms with Gasteiger partial charge in [0.15, 0.2) is 0 Å². The largest absolute Gasteiger partial charge is 0.299 e. The fourth-order valence-electron chi connectivity index (χ4n) is 1.47. The van der Waals surface area contributed by atoms with Gasteiger partial charge in [0.05, 0.1) is 0 Å². The zero-order chi connectivity index (χ0) is 7.56. The molecule has 0 unspecified atom stereocenters. The third kappa shape index (κ3) is 1.83. The first-order chi connectivity index (χ1) is 4.70. The number of ketones is 1. The normalized spacial score (nSPS) is 35.6. The summed E-state index contributed by atoms with van der Waals surface area (Å²) in [6.07, 6.45) is 4.29. The Bertz CT molecular complexity index is 129. The average molecular weight is 140 g/mol. The third-order valence-corrected chi connectivity index (χ3v) is 2.53. The Morgan fingerprint density at radius 2 is 1.90 bits per heavy atom. The van der Waals surface area contributed by atoms with Crippen LogP contribution < -0.4 is 0 Å². The molecule has 10 heavy (non-hydrogen) atoms. The molecule has 1 nitrogen and oxygen atoms in total. The van der Waals surface area contributed by atoms with Gasteiger partial charge in [-0.05, 0) is 18.8 Å². The number of rotatable bonds is 0. The summed E-state index contributed by atoms with van der Waals surface area (Å²) in [5, 5.41) is 0. The summed E-state index contributed by atoms with van der Waals surface area (Å²) >= 11 is 0. The lowest BCUT2D eigenvalue weighted by atomic mass is 10.0. The Balaban J connectivity index is 2.46. The quantitative estimate of drug-likeness (QED) is 0.472. The second kappa shape index (κ2) is 3.18. The van der Waals surface area contributed by atoms with Gasteiger partial charge in [-0.15, -0.1) is 0 Å². The maximum atomic E-state index is 11.2.